The van der Waals surface area contributed by atoms with Crippen LogP contribution in [0.2, 0.25) is 0 Å². The minimum absolute atomic E-state index is 0.0491. The van der Waals surface area contributed by atoms with Crippen LogP contribution in [0.3, 0.4) is 0 Å². The minimum Gasteiger partial charge on any atom is -0.450 e. The van der Waals surface area contributed by atoms with Crippen LogP contribution in [-0.4, -0.2) is 41.7 Å². The molecule has 0 bridgehead atoms. The van der Waals surface area contributed by atoms with Crippen LogP contribution in [0.5, 0.6) is 0 Å². The van der Waals surface area contributed by atoms with Crippen molar-refractivity contribution < 1.29 is 22.6 Å². The van der Waals surface area contributed by atoms with Crippen molar-refractivity contribution in [1.29, 1.82) is 0 Å². The first-order valence-electron chi connectivity index (χ1n) is 10.4. The molecule has 2 atom stereocenters. The Balaban J connectivity index is 1.75. The summed E-state index contributed by atoms with van der Waals surface area (Å²) in [5, 5.41) is 11.4. The van der Waals surface area contributed by atoms with E-state index >= 15 is 0 Å². The highest BCUT2D eigenvalue weighted by Gasteiger charge is 2.48. The number of sulfone groups is 1. The van der Waals surface area contributed by atoms with Crippen LogP contribution in [-0.2, 0) is 9.84 Å². The summed E-state index contributed by atoms with van der Waals surface area (Å²) < 4.78 is 30.3. The lowest BCUT2D eigenvalue weighted by Gasteiger charge is -2.30. The van der Waals surface area contributed by atoms with Gasteiger partial charge in [0.1, 0.15) is 5.58 Å². The molecule has 3 aromatic rings. The Morgan fingerprint density at radius 2 is 1.76 bits per heavy atom. The van der Waals surface area contributed by atoms with Crippen molar-refractivity contribution in [3.8, 4) is 0 Å². The van der Waals surface area contributed by atoms with Gasteiger partial charge in [0.2, 0.25) is 5.76 Å². The first kappa shape index (κ1) is 21.3. The van der Waals surface area contributed by atoms with E-state index in [1.807, 2.05) is 13.8 Å². The number of hydrogen-bond acceptors (Lipinski definition) is 7. The molecule has 3 heterocycles. The van der Waals surface area contributed by atoms with Gasteiger partial charge in [-0.2, -0.15) is 0 Å². The number of amides is 1. The number of carbonyl (C=O) groups is 1. The molecule has 5 rings (SSSR count). The van der Waals surface area contributed by atoms with Crippen molar-refractivity contribution in [3.05, 3.63) is 84.7 Å². The van der Waals surface area contributed by atoms with Gasteiger partial charge in [-0.3, -0.25) is 19.7 Å². The number of carbonyl (C=O) groups excluding carboxylic acids is 1. The lowest BCUT2D eigenvalue weighted by molar-refractivity contribution is -0.384. The molecule has 1 aromatic heterocycles. The zero-order valence-corrected chi connectivity index (χ0v) is 18.7. The molecule has 0 radical (unpaired) electrons. The number of rotatable bonds is 3. The third kappa shape index (κ3) is 3.32. The van der Waals surface area contributed by atoms with Crippen LogP contribution in [0.25, 0.3) is 11.0 Å². The largest absolute Gasteiger partial charge is 0.450 e. The fourth-order valence-corrected chi connectivity index (χ4v) is 6.43. The smallest absolute Gasteiger partial charge is 0.291 e. The Hall–Kier alpha value is -3.53. The zero-order valence-electron chi connectivity index (χ0n) is 17.9. The molecule has 2 aliphatic heterocycles. The quantitative estimate of drug-likeness (QED) is 0.427. The summed E-state index contributed by atoms with van der Waals surface area (Å²) in [6, 6.07) is 7.50. The molecule has 0 aliphatic carbocycles. The van der Waals surface area contributed by atoms with Crippen molar-refractivity contribution >= 4 is 32.4 Å². The average Bonchev–Trinajstić information content (AvgIpc) is 3.26. The van der Waals surface area contributed by atoms with Crippen LogP contribution in [0.1, 0.15) is 45.3 Å². The standard InChI is InChI=1S/C23H20N2O7S/c1-12-9-17-18(10-13(12)2)32-22-19(21(17)26)20(14-3-5-15(6-4-14)25(28)29)24(23(22)27)16-7-8-33(30,31)11-16/h3-6,9-10,16,20H,7-8,11H2,1-2H3. The monoisotopic (exact) mass is 468 g/mol. The van der Waals surface area contributed by atoms with E-state index in [-0.39, 0.29) is 40.4 Å². The van der Waals surface area contributed by atoms with E-state index < -0.39 is 32.8 Å². The third-order valence-corrected chi connectivity index (χ3v) is 8.29. The highest BCUT2D eigenvalue weighted by molar-refractivity contribution is 7.91. The molecule has 1 fully saturated rings. The number of nitro groups is 1. The van der Waals surface area contributed by atoms with Crippen LogP contribution < -0.4 is 5.43 Å². The third-order valence-electron chi connectivity index (χ3n) is 6.54. The maximum absolute atomic E-state index is 13.6. The maximum atomic E-state index is 13.6. The number of nitrogens with zero attached hydrogens (tertiary/aromatic N) is 2. The van der Waals surface area contributed by atoms with E-state index in [4.69, 9.17) is 4.42 Å². The summed E-state index contributed by atoms with van der Waals surface area (Å²) in [6.45, 7) is 3.75. The second-order valence-corrected chi connectivity index (χ2v) is 10.9. The minimum atomic E-state index is -3.32. The topological polar surface area (TPSA) is 128 Å². The van der Waals surface area contributed by atoms with E-state index in [0.29, 0.717) is 16.5 Å². The first-order valence-corrected chi connectivity index (χ1v) is 12.2. The summed E-state index contributed by atoms with van der Waals surface area (Å²) in [6.07, 6.45) is 0.247. The second-order valence-electron chi connectivity index (χ2n) is 8.63. The van der Waals surface area contributed by atoms with Crippen LogP contribution >= 0.6 is 0 Å². The number of non-ortho nitro benzene ring substituents is 1. The van der Waals surface area contributed by atoms with Crippen molar-refractivity contribution in [2.24, 2.45) is 0 Å². The molecule has 0 saturated carbocycles. The molecule has 2 aliphatic rings. The normalized spacial score (nSPS) is 21.5. The molecule has 1 saturated heterocycles. The van der Waals surface area contributed by atoms with Gasteiger partial charge in [-0.1, -0.05) is 0 Å². The van der Waals surface area contributed by atoms with Gasteiger partial charge in [0, 0.05) is 18.2 Å². The highest BCUT2D eigenvalue weighted by atomic mass is 32.2. The number of nitro benzene ring substituents is 1. The van der Waals surface area contributed by atoms with Crippen molar-refractivity contribution in [2.75, 3.05) is 11.5 Å². The van der Waals surface area contributed by atoms with Gasteiger partial charge < -0.3 is 9.32 Å². The SMILES string of the molecule is Cc1cc2oc3c(c(=O)c2cc1C)C(c1ccc([N+](=O)[O-])cc1)N(C1CCS(=O)(=O)C1)C3=O. The molecule has 2 aromatic carbocycles. The molecule has 0 N–H and O–H groups in total. The molecule has 10 heteroatoms. The Labute approximate surface area is 188 Å². The number of benzene rings is 2. The second kappa shape index (κ2) is 7.24. The van der Waals surface area contributed by atoms with Crippen molar-refractivity contribution in [3.63, 3.8) is 0 Å². The van der Waals surface area contributed by atoms with Crippen LogP contribution in [0, 0.1) is 24.0 Å². The van der Waals surface area contributed by atoms with E-state index in [9.17, 15) is 28.1 Å². The maximum Gasteiger partial charge on any atom is 0.291 e. The molecule has 170 valence electrons. The average molecular weight is 468 g/mol. The Morgan fingerprint density at radius 3 is 2.36 bits per heavy atom. The predicted octanol–water partition coefficient (Wildman–Crippen LogP) is 3.05. The van der Waals surface area contributed by atoms with E-state index in [0.717, 1.165) is 11.1 Å². The Kier molecular flexibility index (Phi) is 4.68. The molecule has 0 spiro atoms. The lowest BCUT2D eigenvalue weighted by Crippen LogP contribution is -2.40. The summed E-state index contributed by atoms with van der Waals surface area (Å²) in [5.74, 6) is -0.912. The fraction of sp³-hybridized carbons (Fsp3) is 0.304. The highest BCUT2D eigenvalue weighted by Crippen LogP contribution is 2.41. The summed E-state index contributed by atoms with van der Waals surface area (Å²) in [4.78, 5) is 39.1. The van der Waals surface area contributed by atoms with E-state index in [2.05, 4.69) is 0 Å². The van der Waals surface area contributed by atoms with Crippen molar-refractivity contribution in [2.45, 2.75) is 32.4 Å². The predicted molar refractivity (Wildman–Crippen MR) is 120 cm³/mol. The number of fused-ring (bicyclic) bond motifs is 2. The molecule has 33 heavy (non-hydrogen) atoms. The Bertz CT molecular complexity index is 1510. The molecule has 9 nitrogen and oxygen atoms in total. The number of aryl methyl sites for hydroxylation is 2. The zero-order chi connectivity index (χ0) is 23.7. The van der Waals surface area contributed by atoms with Crippen molar-refractivity contribution in [1.82, 2.24) is 4.90 Å². The fourth-order valence-electron chi connectivity index (χ4n) is 4.72. The summed E-state index contributed by atoms with van der Waals surface area (Å²) in [5.41, 5.74) is 2.20. The molecular weight excluding hydrogens is 448 g/mol. The summed E-state index contributed by atoms with van der Waals surface area (Å²) in [7, 11) is -3.32. The van der Waals surface area contributed by atoms with E-state index in [1.165, 1.54) is 29.2 Å². The van der Waals surface area contributed by atoms with Crippen LogP contribution in [0.4, 0.5) is 5.69 Å². The number of hydrogen-bond donors (Lipinski definition) is 0. The summed E-state index contributed by atoms with van der Waals surface area (Å²) >= 11 is 0. The first-order chi connectivity index (χ1) is 15.6. The Morgan fingerprint density at radius 1 is 1.09 bits per heavy atom. The van der Waals surface area contributed by atoms with Gasteiger partial charge in [0.05, 0.1) is 33.4 Å². The van der Waals surface area contributed by atoms with Gasteiger partial charge in [-0.15, -0.1) is 0 Å². The van der Waals surface area contributed by atoms with Crippen LogP contribution in [0.15, 0.2) is 45.6 Å². The van der Waals surface area contributed by atoms with Gasteiger partial charge in [-0.25, -0.2) is 8.42 Å². The van der Waals surface area contributed by atoms with E-state index in [1.54, 1.807) is 12.1 Å². The van der Waals surface area contributed by atoms with Gasteiger partial charge in [-0.05, 0) is 61.2 Å². The van der Waals surface area contributed by atoms with Gasteiger partial charge in [0.25, 0.3) is 11.6 Å². The van der Waals surface area contributed by atoms with Gasteiger partial charge in [0.15, 0.2) is 15.3 Å². The molecule has 1 amide bonds. The van der Waals surface area contributed by atoms with Gasteiger partial charge >= 0.3 is 0 Å². The lowest BCUT2D eigenvalue weighted by atomic mass is 9.96. The molecule has 2 unspecified atom stereocenters. The molecular formula is C23H20N2O7S.